The van der Waals surface area contributed by atoms with Crippen molar-refractivity contribution in [1.82, 2.24) is 5.32 Å². The van der Waals surface area contributed by atoms with E-state index in [4.69, 9.17) is 0 Å². The van der Waals surface area contributed by atoms with Crippen LogP contribution in [0.4, 0.5) is 23.7 Å². The van der Waals surface area contributed by atoms with Crippen LogP contribution in [0.15, 0.2) is 18.2 Å². The highest BCUT2D eigenvalue weighted by Crippen LogP contribution is 2.36. The molecule has 0 unspecified atom stereocenters. The lowest BCUT2D eigenvalue weighted by Gasteiger charge is -2.31. The number of benzene rings is 1. The zero-order chi connectivity index (χ0) is 14.2. The van der Waals surface area contributed by atoms with Crippen LogP contribution in [-0.4, -0.2) is 23.5 Å². The van der Waals surface area contributed by atoms with Gasteiger partial charge in [-0.1, -0.05) is 6.07 Å². The predicted octanol–water partition coefficient (Wildman–Crippen LogP) is 2.15. The summed E-state index contributed by atoms with van der Waals surface area (Å²) in [7, 11) is 0. The Bertz CT molecular complexity index is 550. The first-order valence-corrected chi connectivity index (χ1v) is 5.06. The van der Waals surface area contributed by atoms with Crippen molar-refractivity contribution in [3.63, 3.8) is 0 Å². The van der Waals surface area contributed by atoms with Gasteiger partial charge in [0.2, 0.25) is 5.82 Å². The minimum atomic E-state index is -3.44. The van der Waals surface area contributed by atoms with Crippen molar-refractivity contribution in [3.05, 3.63) is 39.7 Å². The molecule has 19 heavy (non-hydrogen) atoms. The zero-order valence-corrected chi connectivity index (χ0v) is 9.23. The molecule has 1 aromatic carbocycles. The molecule has 102 valence electrons. The summed E-state index contributed by atoms with van der Waals surface area (Å²) in [5.41, 5.74) is -1.20. The smallest absolute Gasteiger partial charge is 0.408 e. The molecule has 1 atom stereocenters. The minimum absolute atomic E-state index is 0.269. The summed E-state index contributed by atoms with van der Waals surface area (Å²) in [6, 6.07) is 0.519. The average molecular weight is 276 g/mol. The highest BCUT2D eigenvalue weighted by Gasteiger charge is 2.47. The van der Waals surface area contributed by atoms with E-state index in [1.165, 1.54) is 0 Å². The molecule has 9 heteroatoms. The lowest BCUT2D eigenvalue weighted by molar-refractivity contribution is -0.387. The van der Waals surface area contributed by atoms with Gasteiger partial charge >= 0.3 is 17.7 Å². The number of cyclic esters (lactones) is 1. The van der Waals surface area contributed by atoms with Gasteiger partial charge < -0.3 is 10.1 Å². The van der Waals surface area contributed by atoms with E-state index in [-0.39, 0.29) is 5.56 Å². The Kier molecular flexibility index (Phi) is 3.05. The van der Waals surface area contributed by atoms with E-state index >= 15 is 0 Å². The van der Waals surface area contributed by atoms with Crippen LogP contribution in [-0.2, 0) is 4.74 Å². The van der Waals surface area contributed by atoms with Gasteiger partial charge in [-0.15, -0.1) is 0 Å². The SMILES string of the molecule is O=C1N[C@@H](c2ccc(F)c([N+](=O)[O-])c2)C(F)(F)CO1. The molecular weight excluding hydrogens is 269 g/mol. The first-order chi connectivity index (χ1) is 8.81. The van der Waals surface area contributed by atoms with E-state index < -0.39 is 41.1 Å². The summed E-state index contributed by atoms with van der Waals surface area (Å²) in [4.78, 5) is 20.5. The topological polar surface area (TPSA) is 81.5 Å². The molecule has 0 saturated carbocycles. The van der Waals surface area contributed by atoms with Crippen LogP contribution in [0, 0.1) is 15.9 Å². The molecule has 1 heterocycles. The number of carbonyl (C=O) groups excluding carboxylic acids is 1. The first-order valence-electron chi connectivity index (χ1n) is 5.06. The largest absolute Gasteiger partial charge is 0.443 e. The summed E-state index contributed by atoms with van der Waals surface area (Å²) in [5, 5.41) is 12.4. The molecule has 0 bridgehead atoms. The molecule has 1 aliphatic heterocycles. The maximum atomic E-state index is 13.6. The Labute approximate surface area is 104 Å². The Hall–Kier alpha value is -2.32. The van der Waals surface area contributed by atoms with Gasteiger partial charge in [-0.3, -0.25) is 10.1 Å². The van der Waals surface area contributed by atoms with Gasteiger partial charge in [-0.2, -0.15) is 4.39 Å². The Morgan fingerprint density at radius 3 is 2.79 bits per heavy atom. The number of hydrogen-bond acceptors (Lipinski definition) is 4. The van der Waals surface area contributed by atoms with Crippen LogP contribution in [0.3, 0.4) is 0 Å². The van der Waals surface area contributed by atoms with Gasteiger partial charge in [0.05, 0.1) is 4.92 Å². The van der Waals surface area contributed by atoms with Gasteiger partial charge in [-0.05, 0) is 11.6 Å². The number of nitrogens with one attached hydrogen (secondary N) is 1. The van der Waals surface area contributed by atoms with Crippen LogP contribution in [0.5, 0.6) is 0 Å². The van der Waals surface area contributed by atoms with E-state index in [2.05, 4.69) is 4.74 Å². The second kappa shape index (κ2) is 4.41. The number of hydrogen-bond donors (Lipinski definition) is 1. The zero-order valence-electron chi connectivity index (χ0n) is 9.23. The number of nitro groups is 1. The van der Waals surface area contributed by atoms with Crippen molar-refractivity contribution in [3.8, 4) is 0 Å². The van der Waals surface area contributed by atoms with Gasteiger partial charge in [0.25, 0.3) is 0 Å². The van der Waals surface area contributed by atoms with E-state index in [1.807, 2.05) is 5.32 Å². The summed E-state index contributed by atoms with van der Waals surface area (Å²) in [6.45, 7) is -1.14. The van der Waals surface area contributed by atoms with E-state index in [9.17, 15) is 28.1 Å². The van der Waals surface area contributed by atoms with Gasteiger partial charge in [0.1, 0.15) is 6.04 Å². The molecule has 0 aromatic heterocycles. The number of nitrogens with zero attached hydrogens (tertiary/aromatic N) is 1. The second-order valence-corrected chi connectivity index (χ2v) is 3.88. The second-order valence-electron chi connectivity index (χ2n) is 3.88. The van der Waals surface area contributed by atoms with Gasteiger partial charge in [0.15, 0.2) is 6.61 Å². The highest BCUT2D eigenvalue weighted by molar-refractivity contribution is 5.69. The van der Waals surface area contributed by atoms with Crippen LogP contribution in [0.2, 0.25) is 0 Å². The predicted molar refractivity (Wildman–Crippen MR) is 55.2 cm³/mol. The molecular formula is C10H7F3N2O4. The third kappa shape index (κ3) is 2.44. The minimum Gasteiger partial charge on any atom is -0.443 e. The number of carbonyl (C=O) groups is 1. The van der Waals surface area contributed by atoms with E-state index in [0.29, 0.717) is 12.1 Å². The third-order valence-electron chi connectivity index (χ3n) is 2.58. The van der Waals surface area contributed by atoms with Crippen LogP contribution < -0.4 is 5.32 Å². The van der Waals surface area contributed by atoms with Crippen LogP contribution in [0.1, 0.15) is 11.6 Å². The number of rotatable bonds is 2. The van der Waals surface area contributed by atoms with Crippen molar-refractivity contribution in [2.24, 2.45) is 0 Å². The molecule has 1 aliphatic rings. The normalized spacial score (nSPS) is 21.4. The van der Waals surface area contributed by atoms with Crippen molar-refractivity contribution in [2.45, 2.75) is 12.0 Å². The van der Waals surface area contributed by atoms with Crippen molar-refractivity contribution >= 4 is 11.8 Å². The number of alkyl halides is 2. The summed E-state index contributed by atoms with van der Waals surface area (Å²) in [5.74, 6) is -4.59. The van der Waals surface area contributed by atoms with E-state index in [0.717, 1.165) is 6.07 Å². The number of alkyl carbamates (subject to hydrolysis) is 1. The Morgan fingerprint density at radius 1 is 1.47 bits per heavy atom. The number of nitro benzene ring substituents is 1. The molecule has 2 rings (SSSR count). The molecule has 0 radical (unpaired) electrons. The first kappa shape index (κ1) is 13.1. The molecule has 0 spiro atoms. The molecule has 1 fully saturated rings. The lowest BCUT2D eigenvalue weighted by atomic mass is 9.99. The summed E-state index contributed by atoms with van der Waals surface area (Å²) < 4.78 is 44.4. The number of halogens is 3. The van der Waals surface area contributed by atoms with Gasteiger partial charge in [-0.25, -0.2) is 13.6 Å². The molecule has 1 aromatic rings. The third-order valence-corrected chi connectivity index (χ3v) is 2.58. The number of ether oxygens (including phenoxy) is 1. The van der Waals surface area contributed by atoms with Crippen LogP contribution in [0.25, 0.3) is 0 Å². The fourth-order valence-electron chi connectivity index (χ4n) is 1.69. The number of amides is 1. The summed E-state index contributed by atoms with van der Waals surface area (Å²) in [6.07, 6.45) is -1.07. The Balaban J connectivity index is 2.42. The lowest BCUT2D eigenvalue weighted by Crippen LogP contribution is -2.49. The molecule has 1 amide bonds. The standard InChI is InChI=1S/C10H7F3N2O4/c11-6-2-1-5(3-7(6)15(17)18)8-10(12,13)4-19-9(16)14-8/h1-3,8H,4H2,(H,14,16)/t8-/m0/s1. The maximum Gasteiger partial charge on any atom is 0.408 e. The fourth-order valence-corrected chi connectivity index (χ4v) is 1.69. The molecule has 1 N–H and O–H groups in total. The quantitative estimate of drug-likeness (QED) is 0.662. The van der Waals surface area contributed by atoms with Crippen molar-refractivity contribution < 1.29 is 27.6 Å². The summed E-state index contributed by atoms with van der Waals surface area (Å²) >= 11 is 0. The fraction of sp³-hybridized carbons (Fsp3) is 0.300. The average Bonchev–Trinajstić information content (AvgIpc) is 2.33. The monoisotopic (exact) mass is 276 g/mol. The van der Waals surface area contributed by atoms with Gasteiger partial charge in [0, 0.05) is 6.07 Å². The molecule has 1 saturated heterocycles. The molecule has 0 aliphatic carbocycles. The highest BCUT2D eigenvalue weighted by atomic mass is 19.3. The van der Waals surface area contributed by atoms with Crippen molar-refractivity contribution in [2.75, 3.05) is 6.61 Å². The van der Waals surface area contributed by atoms with Crippen LogP contribution >= 0.6 is 0 Å². The molecule has 6 nitrogen and oxygen atoms in total. The maximum absolute atomic E-state index is 13.6. The van der Waals surface area contributed by atoms with Crippen molar-refractivity contribution in [1.29, 1.82) is 0 Å². The van der Waals surface area contributed by atoms with E-state index in [1.54, 1.807) is 0 Å². The Morgan fingerprint density at radius 2 is 2.16 bits per heavy atom.